The number of unbranched alkanes of at least 4 members (excludes halogenated alkanes) is 3. The number of carbonyl (C=O) groups is 1. The highest BCUT2D eigenvalue weighted by atomic mass is 16.2. The first-order valence-corrected chi connectivity index (χ1v) is 7.65. The highest BCUT2D eigenvalue weighted by Gasteiger charge is 2.39. The number of nitrogens with two attached hydrogens (primary N) is 1. The van der Waals surface area contributed by atoms with Gasteiger partial charge in [-0.1, -0.05) is 45.4 Å². The van der Waals surface area contributed by atoms with Crippen LogP contribution in [0.4, 0.5) is 0 Å². The summed E-state index contributed by atoms with van der Waals surface area (Å²) in [7, 11) is 0. The molecule has 1 atom stereocenters. The number of hydrogen-bond acceptors (Lipinski definition) is 2. The lowest BCUT2D eigenvalue weighted by atomic mass is 9.85. The maximum Gasteiger partial charge on any atom is 0.227 e. The lowest BCUT2D eigenvalue weighted by Gasteiger charge is -2.28. The molecule has 0 spiro atoms. The van der Waals surface area contributed by atoms with E-state index >= 15 is 0 Å². The van der Waals surface area contributed by atoms with E-state index in [4.69, 9.17) is 5.73 Å². The average Bonchev–Trinajstić information content (AvgIpc) is 2.84. The molecule has 106 valence electrons. The number of nitrogens with one attached hydrogen (secondary N) is 1. The van der Waals surface area contributed by atoms with Crippen LogP contribution < -0.4 is 11.1 Å². The van der Waals surface area contributed by atoms with Crippen molar-refractivity contribution >= 4 is 5.91 Å². The van der Waals surface area contributed by atoms with Gasteiger partial charge in [0.05, 0.1) is 5.41 Å². The van der Waals surface area contributed by atoms with E-state index in [9.17, 15) is 4.79 Å². The first-order chi connectivity index (χ1) is 8.64. The Balaban J connectivity index is 2.29. The molecule has 0 bridgehead atoms. The summed E-state index contributed by atoms with van der Waals surface area (Å²) in [5.41, 5.74) is 5.57. The molecule has 3 nitrogen and oxygen atoms in total. The Bertz CT molecular complexity index is 247. The molecule has 1 saturated carbocycles. The summed E-state index contributed by atoms with van der Waals surface area (Å²) in [5, 5.41) is 3.17. The number of rotatable bonds is 8. The highest BCUT2D eigenvalue weighted by molar-refractivity contribution is 5.83. The van der Waals surface area contributed by atoms with Crippen LogP contribution in [0.3, 0.4) is 0 Å². The third kappa shape index (κ3) is 4.27. The van der Waals surface area contributed by atoms with Crippen LogP contribution in [0.1, 0.15) is 71.6 Å². The molecule has 1 aliphatic carbocycles. The van der Waals surface area contributed by atoms with Gasteiger partial charge in [0.1, 0.15) is 0 Å². The molecule has 0 aromatic rings. The molecule has 0 heterocycles. The van der Waals surface area contributed by atoms with Crippen LogP contribution in [0.25, 0.3) is 0 Å². The third-order valence-corrected chi connectivity index (χ3v) is 4.30. The van der Waals surface area contributed by atoms with Crippen molar-refractivity contribution in [2.75, 3.05) is 6.54 Å². The van der Waals surface area contributed by atoms with Gasteiger partial charge >= 0.3 is 0 Å². The van der Waals surface area contributed by atoms with Crippen molar-refractivity contribution < 1.29 is 4.79 Å². The summed E-state index contributed by atoms with van der Waals surface area (Å²) in [6, 6.07) is 0.290. The number of carbonyl (C=O) groups excluding carboxylic acids is 1. The standard InChI is InChI=1S/C15H30N2O/c1-3-4-5-6-9-13(2)17-14(18)15(12-16)10-7-8-11-15/h13H,3-12,16H2,1-2H3,(H,17,18). The molecule has 3 heteroatoms. The minimum Gasteiger partial charge on any atom is -0.353 e. The Morgan fingerprint density at radius 2 is 1.94 bits per heavy atom. The van der Waals surface area contributed by atoms with E-state index in [-0.39, 0.29) is 11.3 Å². The van der Waals surface area contributed by atoms with E-state index in [1.807, 2.05) is 0 Å². The van der Waals surface area contributed by atoms with Crippen LogP contribution in [0.5, 0.6) is 0 Å². The normalized spacial score (nSPS) is 19.7. The van der Waals surface area contributed by atoms with Crippen molar-refractivity contribution in [3.05, 3.63) is 0 Å². The van der Waals surface area contributed by atoms with E-state index in [0.29, 0.717) is 12.6 Å². The molecule has 1 aliphatic rings. The third-order valence-electron chi connectivity index (χ3n) is 4.30. The SMILES string of the molecule is CCCCCCC(C)NC(=O)C1(CN)CCCC1. The van der Waals surface area contributed by atoms with Crippen LogP contribution in [-0.2, 0) is 4.79 Å². The molecule has 3 N–H and O–H groups in total. The fourth-order valence-corrected chi connectivity index (χ4v) is 2.90. The Hall–Kier alpha value is -0.570. The zero-order chi connectivity index (χ0) is 13.4. The van der Waals surface area contributed by atoms with Crippen LogP contribution >= 0.6 is 0 Å². The van der Waals surface area contributed by atoms with Gasteiger partial charge in [-0.15, -0.1) is 0 Å². The lowest BCUT2D eigenvalue weighted by molar-refractivity contribution is -0.131. The average molecular weight is 254 g/mol. The fraction of sp³-hybridized carbons (Fsp3) is 0.933. The molecule has 0 aromatic heterocycles. The van der Waals surface area contributed by atoms with Gasteiger partial charge in [-0.05, 0) is 26.2 Å². The van der Waals surface area contributed by atoms with Crippen molar-refractivity contribution in [1.82, 2.24) is 5.32 Å². The number of hydrogen-bond donors (Lipinski definition) is 2. The van der Waals surface area contributed by atoms with Crippen molar-refractivity contribution in [3.63, 3.8) is 0 Å². The van der Waals surface area contributed by atoms with Crippen molar-refractivity contribution in [2.24, 2.45) is 11.1 Å². The molecular weight excluding hydrogens is 224 g/mol. The summed E-state index contributed by atoms with van der Waals surface area (Å²) in [5.74, 6) is 0.200. The Morgan fingerprint density at radius 3 is 2.50 bits per heavy atom. The highest BCUT2D eigenvalue weighted by Crippen LogP contribution is 2.37. The second-order valence-corrected chi connectivity index (χ2v) is 5.92. The second-order valence-electron chi connectivity index (χ2n) is 5.92. The lowest BCUT2D eigenvalue weighted by Crippen LogP contribution is -2.47. The predicted molar refractivity (Wildman–Crippen MR) is 76.3 cm³/mol. The second kappa shape index (κ2) is 7.78. The van der Waals surface area contributed by atoms with Gasteiger partial charge in [-0.2, -0.15) is 0 Å². The minimum absolute atomic E-state index is 0.200. The molecule has 1 unspecified atom stereocenters. The van der Waals surface area contributed by atoms with E-state index in [1.54, 1.807) is 0 Å². The molecule has 1 amide bonds. The maximum atomic E-state index is 12.3. The van der Waals surface area contributed by atoms with E-state index in [1.165, 1.54) is 25.7 Å². The van der Waals surface area contributed by atoms with Gasteiger partial charge in [-0.25, -0.2) is 0 Å². The topological polar surface area (TPSA) is 55.1 Å². The van der Waals surface area contributed by atoms with Crippen molar-refractivity contribution in [3.8, 4) is 0 Å². The summed E-state index contributed by atoms with van der Waals surface area (Å²) in [6.45, 7) is 4.83. The summed E-state index contributed by atoms with van der Waals surface area (Å²) < 4.78 is 0. The Morgan fingerprint density at radius 1 is 1.28 bits per heavy atom. The summed E-state index contributed by atoms with van der Waals surface area (Å²) in [4.78, 5) is 12.3. The molecule has 0 radical (unpaired) electrons. The van der Waals surface area contributed by atoms with Gasteiger partial charge in [0, 0.05) is 12.6 Å². The van der Waals surface area contributed by atoms with E-state index < -0.39 is 0 Å². The summed E-state index contributed by atoms with van der Waals surface area (Å²) >= 11 is 0. The smallest absolute Gasteiger partial charge is 0.227 e. The Kier molecular flexibility index (Phi) is 6.69. The summed E-state index contributed by atoms with van der Waals surface area (Å²) in [6.07, 6.45) is 10.4. The fourth-order valence-electron chi connectivity index (χ4n) is 2.90. The predicted octanol–water partition coefficient (Wildman–Crippen LogP) is 2.98. The van der Waals surface area contributed by atoms with Crippen LogP contribution in [0.15, 0.2) is 0 Å². The minimum atomic E-state index is -0.252. The number of amides is 1. The van der Waals surface area contributed by atoms with Gasteiger partial charge in [0.25, 0.3) is 0 Å². The van der Waals surface area contributed by atoms with Crippen LogP contribution in [0, 0.1) is 5.41 Å². The van der Waals surface area contributed by atoms with Crippen LogP contribution in [-0.4, -0.2) is 18.5 Å². The van der Waals surface area contributed by atoms with Gasteiger partial charge in [0.15, 0.2) is 0 Å². The first-order valence-electron chi connectivity index (χ1n) is 7.65. The Labute approximate surface area is 112 Å². The molecular formula is C15H30N2O. The van der Waals surface area contributed by atoms with Gasteiger partial charge in [-0.3, -0.25) is 4.79 Å². The molecule has 1 fully saturated rings. The quantitative estimate of drug-likeness (QED) is 0.654. The largest absolute Gasteiger partial charge is 0.353 e. The molecule has 1 rings (SSSR count). The zero-order valence-corrected chi connectivity index (χ0v) is 12.1. The van der Waals surface area contributed by atoms with Crippen molar-refractivity contribution in [2.45, 2.75) is 77.7 Å². The first kappa shape index (κ1) is 15.5. The van der Waals surface area contributed by atoms with Gasteiger partial charge in [0.2, 0.25) is 5.91 Å². The van der Waals surface area contributed by atoms with E-state index in [0.717, 1.165) is 32.1 Å². The van der Waals surface area contributed by atoms with Crippen molar-refractivity contribution in [1.29, 1.82) is 0 Å². The van der Waals surface area contributed by atoms with Gasteiger partial charge < -0.3 is 11.1 Å². The molecule has 0 saturated heterocycles. The molecule has 0 aliphatic heterocycles. The zero-order valence-electron chi connectivity index (χ0n) is 12.1. The van der Waals surface area contributed by atoms with E-state index in [2.05, 4.69) is 19.2 Å². The maximum absolute atomic E-state index is 12.3. The molecule has 18 heavy (non-hydrogen) atoms. The monoisotopic (exact) mass is 254 g/mol. The van der Waals surface area contributed by atoms with Crippen LogP contribution in [0.2, 0.25) is 0 Å². The molecule has 0 aromatic carbocycles.